The SMILES string of the molecule is COc1ccc(/C=C2\C(=O)NN(c3cccc(C(F)(F)F)c3)C2=O)cc1[N+](=O)[O-]. The molecule has 1 saturated heterocycles. The third-order valence-electron chi connectivity index (χ3n) is 4.03. The number of hydrazine groups is 1. The van der Waals surface area contributed by atoms with Crippen molar-refractivity contribution < 1.29 is 32.4 Å². The molecule has 0 aromatic heterocycles. The topological polar surface area (TPSA) is 102 Å². The number of nitro benzene ring substituents is 1. The van der Waals surface area contributed by atoms with Gasteiger partial charge in [0.05, 0.1) is 23.3 Å². The lowest BCUT2D eigenvalue weighted by molar-refractivity contribution is -0.385. The number of benzene rings is 2. The molecule has 1 aliphatic rings. The molecule has 0 radical (unpaired) electrons. The molecule has 0 spiro atoms. The highest BCUT2D eigenvalue weighted by Crippen LogP contribution is 2.33. The first-order chi connectivity index (χ1) is 13.6. The van der Waals surface area contributed by atoms with Crippen LogP contribution in [0, 0.1) is 10.1 Å². The fourth-order valence-electron chi connectivity index (χ4n) is 2.67. The Morgan fingerprint density at radius 1 is 1.17 bits per heavy atom. The van der Waals surface area contributed by atoms with Gasteiger partial charge in [0.15, 0.2) is 5.75 Å². The van der Waals surface area contributed by atoms with Crippen LogP contribution in [0.1, 0.15) is 11.1 Å². The van der Waals surface area contributed by atoms with Gasteiger partial charge in [-0.2, -0.15) is 13.2 Å². The number of anilines is 1. The van der Waals surface area contributed by atoms with Crippen LogP contribution in [0.25, 0.3) is 6.08 Å². The lowest BCUT2D eigenvalue weighted by atomic mass is 10.1. The quantitative estimate of drug-likeness (QED) is 0.363. The van der Waals surface area contributed by atoms with Gasteiger partial charge >= 0.3 is 11.9 Å². The van der Waals surface area contributed by atoms with E-state index in [1.54, 1.807) is 0 Å². The van der Waals surface area contributed by atoms with Crippen molar-refractivity contribution in [3.8, 4) is 5.75 Å². The summed E-state index contributed by atoms with van der Waals surface area (Å²) in [7, 11) is 1.25. The van der Waals surface area contributed by atoms with Crippen molar-refractivity contribution >= 4 is 29.3 Å². The maximum absolute atomic E-state index is 12.9. The fraction of sp³-hybridized carbons (Fsp3) is 0.111. The van der Waals surface area contributed by atoms with Crippen molar-refractivity contribution in [2.75, 3.05) is 12.1 Å². The number of nitrogens with one attached hydrogen (secondary N) is 1. The molecule has 150 valence electrons. The number of nitro groups is 1. The summed E-state index contributed by atoms with van der Waals surface area (Å²) in [5, 5.41) is 11.8. The average molecular weight is 407 g/mol. The highest BCUT2D eigenvalue weighted by Gasteiger charge is 2.36. The normalized spacial score (nSPS) is 15.6. The maximum atomic E-state index is 12.9. The fourth-order valence-corrected chi connectivity index (χ4v) is 2.67. The maximum Gasteiger partial charge on any atom is 0.416 e. The number of hydrogen-bond donors (Lipinski definition) is 1. The molecule has 1 aliphatic heterocycles. The predicted octanol–water partition coefficient (Wildman–Crippen LogP) is 3.08. The Balaban J connectivity index is 1.96. The van der Waals surface area contributed by atoms with Crippen molar-refractivity contribution in [2.24, 2.45) is 0 Å². The summed E-state index contributed by atoms with van der Waals surface area (Å²) >= 11 is 0. The molecule has 1 heterocycles. The van der Waals surface area contributed by atoms with Crippen molar-refractivity contribution in [3.63, 3.8) is 0 Å². The second-order valence-corrected chi connectivity index (χ2v) is 5.88. The number of halogens is 3. The van der Waals surface area contributed by atoms with Gasteiger partial charge in [-0.1, -0.05) is 12.1 Å². The van der Waals surface area contributed by atoms with E-state index in [0.717, 1.165) is 30.3 Å². The minimum absolute atomic E-state index is 0.00931. The van der Waals surface area contributed by atoms with Crippen molar-refractivity contribution in [1.82, 2.24) is 5.43 Å². The van der Waals surface area contributed by atoms with E-state index in [1.165, 1.54) is 25.3 Å². The minimum atomic E-state index is -4.62. The van der Waals surface area contributed by atoms with Crippen LogP contribution in [0.15, 0.2) is 48.0 Å². The number of carbonyl (C=O) groups excluding carboxylic acids is 2. The van der Waals surface area contributed by atoms with Gasteiger partial charge in [0.1, 0.15) is 5.57 Å². The number of rotatable bonds is 4. The summed E-state index contributed by atoms with van der Waals surface area (Å²) in [5.41, 5.74) is 0.424. The first-order valence-electron chi connectivity index (χ1n) is 7.98. The van der Waals surface area contributed by atoms with Gasteiger partial charge in [-0.3, -0.25) is 25.1 Å². The molecule has 11 heteroatoms. The van der Waals surface area contributed by atoms with E-state index >= 15 is 0 Å². The molecule has 1 N–H and O–H groups in total. The second kappa shape index (κ2) is 7.26. The summed E-state index contributed by atoms with van der Waals surface area (Å²) in [4.78, 5) is 35.2. The van der Waals surface area contributed by atoms with E-state index in [4.69, 9.17) is 4.74 Å². The molecular formula is C18H12F3N3O5. The van der Waals surface area contributed by atoms with E-state index in [2.05, 4.69) is 5.43 Å². The lowest BCUT2D eigenvalue weighted by Gasteiger charge is -2.16. The zero-order valence-corrected chi connectivity index (χ0v) is 14.7. The van der Waals surface area contributed by atoms with Gasteiger partial charge in [-0.05, 0) is 35.9 Å². The zero-order chi connectivity index (χ0) is 21.3. The van der Waals surface area contributed by atoms with Crippen molar-refractivity contribution in [2.45, 2.75) is 6.18 Å². The molecule has 0 unspecified atom stereocenters. The van der Waals surface area contributed by atoms with Crippen molar-refractivity contribution in [3.05, 3.63) is 69.3 Å². The van der Waals surface area contributed by atoms with Gasteiger partial charge < -0.3 is 4.74 Å². The molecule has 2 aromatic rings. The van der Waals surface area contributed by atoms with E-state index < -0.39 is 28.5 Å². The van der Waals surface area contributed by atoms with Gasteiger partial charge in [0, 0.05) is 6.07 Å². The van der Waals surface area contributed by atoms with E-state index in [-0.39, 0.29) is 28.3 Å². The van der Waals surface area contributed by atoms with E-state index in [0.29, 0.717) is 5.01 Å². The highest BCUT2D eigenvalue weighted by atomic mass is 19.4. The monoisotopic (exact) mass is 407 g/mol. The Morgan fingerprint density at radius 3 is 2.52 bits per heavy atom. The van der Waals surface area contributed by atoms with Crippen LogP contribution < -0.4 is 15.2 Å². The van der Waals surface area contributed by atoms with Crippen LogP contribution >= 0.6 is 0 Å². The van der Waals surface area contributed by atoms with Gasteiger partial charge in [0.25, 0.3) is 11.8 Å². The van der Waals surface area contributed by atoms with Crippen molar-refractivity contribution in [1.29, 1.82) is 0 Å². The highest BCUT2D eigenvalue weighted by molar-refractivity contribution is 6.31. The average Bonchev–Trinajstić information content (AvgIpc) is 2.95. The molecule has 0 bridgehead atoms. The Bertz CT molecular complexity index is 1050. The number of carbonyl (C=O) groups is 2. The van der Waals surface area contributed by atoms with Gasteiger partial charge in [-0.25, -0.2) is 5.01 Å². The summed E-state index contributed by atoms with van der Waals surface area (Å²) in [6.45, 7) is 0. The van der Waals surface area contributed by atoms with Crippen LogP contribution in [0.4, 0.5) is 24.5 Å². The van der Waals surface area contributed by atoms with E-state index in [1.807, 2.05) is 0 Å². The lowest BCUT2D eigenvalue weighted by Crippen LogP contribution is -2.35. The molecule has 0 aliphatic carbocycles. The van der Waals surface area contributed by atoms with Gasteiger partial charge in [-0.15, -0.1) is 0 Å². The van der Waals surface area contributed by atoms with Crippen LogP contribution in [-0.2, 0) is 15.8 Å². The smallest absolute Gasteiger partial charge is 0.416 e. The molecule has 29 heavy (non-hydrogen) atoms. The molecule has 3 rings (SSSR count). The Labute approximate surface area is 161 Å². The zero-order valence-electron chi connectivity index (χ0n) is 14.7. The van der Waals surface area contributed by atoms with Crippen LogP contribution in [0.3, 0.4) is 0 Å². The summed E-state index contributed by atoms with van der Waals surface area (Å²) in [6, 6.07) is 7.69. The molecule has 0 saturated carbocycles. The molecular weight excluding hydrogens is 395 g/mol. The largest absolute Gasteiger partial charge is 0.490 e. The van der Waals surface area contributed by atoms with Gasteiger partial charge in [0.2, 0.25) is 0 Å². The molecule has 2 aromatic carbocycles. The third kappa shape index (κ3) is 3.88. The standard InChI is InChI=1S/C18H12F3N3O5/c1-29-15-6-5-10(8-14(15)24(27)28)7-13-16(25)22-23(17(13)26)12-4-2-3-11(9-12)18(19,20)21/h2-9H,1H3,(H,22,25)/b13-7+. The summed E-state index contributed by atoms with van der Waals surface area (Å²) in [5.74, 6) is -1.76. The number of alkyl halides is 3. The number of ether oxygens (including phenoxy) is 1. The first-order valence-corrected chi connectivity index (χ1v) is 7.98. The summed E-state index contributed by atoms with van der Waals surface area (Å²) in [6.07, 6.45) is -3.51. The molecule has 8 nitrogen and oxygen atoms in total. The van der Waals surface area contributed by atoms with E-state index in [9.17, 15) is 32.9 Å². The predicted molar refractivity (Wildman–Crippen MR) is 94.7 cm³/mol. The van der Waals surface area contributed by atoms with Crippen LogP contribution in [-0.4, -0.2) is 23.8 Å². The Hall–Kier alpha value is -3.89. The molecule has 0 atom stereocenters. The number of amides is 2. The minimum Gasteiger partial charge on any atom is -0.490 e. The third-order valence-corrected chi connectivity index (χ3v) is 4.03. The Morgan fingerprint density at radius 2 is 1.90 bits per heavy atom. The summed E-state index contributed by atoms with van der Waals surface area (Å²) < 4.78 is 43.5. The molecule has 1 fully saturated rings. The molecule has 2 amide bonds. The number of nitrogens with zero attached hydrogens (tertiary/aromatic N) is 2. The first kappa shape index (κ1) is 19.9. The number of hydrogen-bond acceptors (Lipinski definition) is 5. The number of methoxy groups -OCH3 is 1. The van der Waals surface area contributed by atoms with Crippen LogP contribution in [0.2, 0.25) is 0 Å². The Kier molecular flexibility index (Phi) is 4.97. The second-order valence-electron chi connectivity index (χ2n) is 5.88. The van der Waals surface area contributed by atoms with Crippen LogP contribution in [0.5, 0.6) is 5.75 Å².